The second-order valence-corrected chi connectivity index (χ2v) is 10.1. The third-order valence-electron chi connectivity index (χ3n) is 6.23. The highest BCUT2D eigenvalue weighted by Gasteiger charge is 2.51. The van der Waals surface area contributed by atoms with Gasteiger partial charge in [0.25, 0.3) is 0 Å². The fourth-order valence-electron chi connectivity index (χ4n) is 4.24. The molecule has 0 atom stereocenters. The van der Waals surface area contributed by atoms with Crippen molar-refractivity contribution in [3.8, 4) is 5.75 Å². The lowest BCUT2D eigenvalue weighted by atomic mass is 9.94. The molecule has 1 N–H and O–H groups in total. The third kappa shape index (κ3) is 4.60. The summed E-state index contributed by atoms with van der Waals surface area (Å²) in [6.07, 6.45) is -3.18. The number of Topliss-reactive ketones (excluding diaryl/α,β-unsaturated/α-hetero) is 1. The van der Waals surface area contributed by atoms with Gasteiger partial charge in [-0.2, -0.15) is 0 Å². The summed E-state index contributed by atoms with van der Waals surface area (Å²) in [4.78, 5) is 35.9. The molecule has 0 aliphatic heterocycles. The number of alkyl halides is 3. The van der Waals surface area contributed by atoms with Crippen LogP contribution in [0.3, 0.4) is 0 Å². The third-order valence-corrected chi connectivity index (χ3v) is 7.16. The van der Waals surface area contributed by atoms with E-state index in [1.165, 1.54) is 23.1 Å². The second kappa shape index (κ2) is 8.47. The average Bonchev–Trinajstić information content (AvgIpc) is 3.36. The van der Waals surface area contributed by atoms with Crippen LogP contribution >= 0.6 is 11.3 Å². The summed E-state index contributed by atoms with van der Waals surface area (Å²) in [6, 6.07) is 9.19. The van der Waals surface area contributed by atoms with Crippen molar-refractivity contribution in [3.05, 3.63) is 42.0 Å². The molecule has 1 amide bonds. The molecule has 1 aliphatic carbocycles. The largest absolute Gasteiger partial charge is 0.573 e. The second-order valence-electron chi connectivity index (χ2n) is 9.10. The van der Waals surface area contributed by atoms with E-state index in [-0.39, 0.29) is 23.9 Å². The van der Waals surface area contributed by atoms with E-state index in [2.05, 4.69) is 20.0 Å². The molecule has 1 saturated carbocycles. The quantitative estimate of drug-likeness (QED) is 0.336. The highest BCUT2D eigenvalue weighted by molar-refractivity contribution is 7.22. The first-order valence-electron chi connectivity index (χ1n) is 11.1. The van der Waals surface area contributed by atoms with Crippen molar-refractivity contribution in [1.82, 2.24) is 19.4 Å². The number of carbonyl (C=O) groups excluding carboxylic acids is 2. The Balaban J connectivity index is 1.37. The molecule has 4 aromatic rings. The van der Waals surface area contributed by atoms with Crippen LogP contribution in [-0.4, -0.2) is 51.6 Å². The van der Waals surface area contributed by atoms with Gasteiger partial charge >= 0.3 is 6.36 Å². The number of imidazole rings is 1. The first kappa shape index (κ1) is 24.0. The van der Waals surface area contributed by atoms with Crippen LogP contribution in [0.5, 0.6) is 5.75 Å². The number of amides is 1. The lowest BCUT2D eigenvalue weighted by Gasteiger charge is -2.18. The number of rotatable bonds is 7. The Morgan fingerprint density at radius 3 is 2.56 bits per heavy atom. The predicted octanol–water partition coefficient (Wildman–Crippen LogP) is 5.27. The Bertz CT molecular complexity index is 1500. The molecule has 1 fully saturated rings. The highest BCUT2D eigenvalue weighted by Crippen LogP contribution is 2.50. The van der Waals surface area contributed by atoms with Crippen LogP contribution in [-0.2, 0) is 11.8 Å². The fraction of sp³-hybridized carbons (Fsp3) is 0.333. The zero-order valence-electron chi connectivity index (χ0n) is 19.6. The Morgan fingerprint density at radius 1 is 1.14 bits per heavy atom. The van der Waals surface area contributed by atoms with E-state index >= 15 is 0 Å². The topological polar surface area (TPSA) is 89.3 Å². The molecular weight excluding hydrogens is 495 g/mol. The molecule has 5 rings (SSSR count). The minimum Gasteiger partial charge on any atom is -0.406 e. The van der Waals surface area contributed by atoms with E-state index in [1.807, 2.05) is 0 Å². The molecule has 2 aromatic heterocycles. The van der Waals surface area contributed by atoms with Crippen molar-refractivity contribution in [3.63, 3.8) is 0 Å². The number of anilines is 2. The number of thiazole rings is 1. The number of aromatic nitrogens is 3. The summed E-state index contributed by atoms with van der Waals surface area (Å²) in [7, 11) is 5.20. The van der Waals surface area contributed by atoms with Crippen LogP contribution in [0.25, 0.3) is 21.3 Å². The number of hydrogen-bond acceptors (Lipinski definition) is 7. The van der Waals surface area contributed by atoms with Crippen molar-refractivity contribution in [2.45, 2.75) is 25.6 Å². The van der Waals surface area contributed by atoms with Crippen molar-refractivity contribution in [1.29, 1.82) is 0 Å². The summed E-state index contributed by atoms with van der Waals surface area (Å²) < 4.78 is 43.8. The first-order valence-corrected chi connectivity index (χ1v) is 11.9. The molecule has 2 aromatic carbocycles. The number of aryl methyl sites for hydroxylation is 1. The summed E-state index contributed by atoms with van der Waals surface area (Å²) in [5.74, 6) is 0.0224. The van der Waals surface area contributed by atoms with Crippen LogP contribution < -0.4 is 10.1 Å². The van der Waals surface area contributed by atoms with E-state index in [0.29, 0.717) is 45.2 Å². The van der Waals surface area contributed by atoms with Crippen LogP contribution in [0.4, 0.5) is 24.3 Å². The lowest BCUT2D eigenvalue weighted by molar-refractivity contribution is -0.274. The van der Waals surface area contributed by atoms with Gasteiger partial charge in [0.15, 0.2) is 10.9 Å². The number of ether oxygens (including phenoxy) is 1. The monoisotopic (exact) mass is 517 g/mol. The molecule has 12 heteroatoms. The molecular formula is C24H22F3N5O3S. The van der Waals surface area contributed by atoms with Gasteiger partial charge in [-0.25, -0.2) is 9.97 Å². The van der Waals surface area contributed by atoms with Crippen LogP contribution in [0.2, 0.25) is 0 Å². The zero-order valence-corrected chi connectivity index (χ0v) is 20.5. The zero-order chi connectivity index (χ0) is 25.8. The maximum Gasteiger partial charge on any atom is 0.573 e. The lowest BCUT2D eigenvalue weighted by Crippen LogP contribution is -2.32. The molecule has 0 spiro atoms. The minimum absolute atomic E-state index is 0.0193. The number of ketones is 1. The number of hydrogen-bond donors (Lipinski definition) is 1. The molecule has 2 heterocycles. The van der Waals surface area contributed by atoms with Gasteiger partial charge in [-0.15, -0.1) is 13.2 Å². The predicted molar refractivity (Wildman–Crippen MR) is 130 cm³/mol. The minimum atomic E-state index is -4.77. The van der Waals surface area contributed by atoms with E-state index in [0.717, 1.165) is 16.9 Å². The Hall–Kier alpha value is -3.67. The number of nitrogens with zero attached hydrogens (tertiary/aromatic N) is 4. The van der Waals surface area contributed by atoms with Gasteiger partial charge in [-0.3, -0.25) is 9.59 Å². The summed E-state index contributed by atoms with van der Waals surface area (Å²) >= 11 is 1.16. The maximum atomic E-state index is 13.0. The molecule has 0 saturated heterocycles. The van der Waals surface area contributed by atoms with Gasteiger partial charge in [-0.05, 0) is 43.2 Å². The molecule has 188 valence electrons. The van der Waals surface area contributed by atoms with Gasteiger partial charge in [-0.1, -0.05) is 11.3 Å². The Labute approximate surface area is 207 Å². The smallest absolute Gasteiger partial charge is 0.406 e. The van der Waals surface area contributed by atoms with Gasteiger partial charge in [0.2, 0.25) is 11.9 Å². The number of halogens is 3. The number of fused-ring (bicyclic) bond motifs is 2. The molecule has 0 unspecified atom stereocenters. The Kier molecular flexibility index (Phi) is 5.66. The summed E-state index contributed by atoms with van der Waals surface area (Å²) in [5, 5.41) is 3.55. The van der Waals surface area contributed by atoms with E-state index in [1.54, 1.807) is 43.9 Å². The normalized spacial score (nSPS) is 14.7. The van der Waals surface area contributed by atoms with Crippen molar-refractivity contribution in [2.24, 2.45) is 12.5 Å². The van der Waals surface area contributed by atoms with Gasteiger partial charge < -0.3 is 19.5 Å². The maximum absolute atomic E-state index is 13.0. The molecule has 36 heavy (non-hydrogen) atoms. The first-order chi connectivity index (χ1) is 16.9. The highest BCUT2D eigenvalue weighted by atomic mass is 32.1. The van der Waals surface area contributed by atoms with Gasteiger partial charge in [0, 0.05) is 39.2 Å². The van der Waals surface area contributed by atoms with Gasteiger partial charge in [0.1, 0.15) is 5.75 Å². The van der Waals surface area contributed by atoms with Crippen LogP contribution in [0.15, 0.2) is 36.4 Å². The average molecular weight is 518 g/mol. The summed E-state index contributed by atoms with van der Waals surface area (Å²) in [5.41, 5.74) is 1.79. The molecule has 8 nitrogen and oxygen atoms in total. The number of carbonyl (C=O) groups is 2. The standard InChI is InChI=1S/C24H22F3N5O3S/c1-31(2)20(34)23(8-9-23)12-18(33)13-4-7-17-16(10-13)28-21(32(17)3)30-22-29-15-6-5-14(11-19(15)36-22)35-24(25,26)27/h4-7,10-11H,8-9,12H2,1-3H3,(H,28,29,30). The number of nitrogens with one attached hydrogen (secondary N) is 1. The Morgan fingerprint density at radius 2 is 1.89 bits per heavy atom. The van der Waals surface area contributed by atoms with Crippen molar-refractivity contribution >= 4 is 55.4 Å². The van der Waals surface area contributed by atoms with Crippen LogP contribution in [0, 0.1) is 5.41 Å². The molecule has 1 aliphatic rings. The van der Waals surface area contributed by atoms with Crippen LogP contribution in [0.1, 0.15) is 29.6 Å². The van der Waals surface area contributed by atoms with Crippen molar-refractivity contribution < 1.29 is 27.5 Å². The van der Waals surface area contributed by atoms with Gasteiger partial charge in [0.05, 0.1) is 26.7 Å². The molecule has 0 bridgehead atoms. The van der Waals surface area contributed by atoms with E-state index in [9.17, 15) is 22.8 Å². The summed E-state index contributed by atoms with van der Waals surface area (Å²) in [6.45, 7) is 0. The van der Waals surface area contributed by atoms with E-state index < -0.39 is 11.8 Å². The fourth-order valence-corrected chi connectivity index (χ4v) is 5.13. The molecule has 0 radical (unpaired) electrons. The van der Waals surface area contributed by atoms with E-state index in [4.69, 9.17) is 0 Å². The van der Waals surface area contributed by atoms with Crippen molar-refractivity contribution in [2.75, 3.05) is 19.4 Å². The SMILES string of the molecule is CN(C)C(=O)C1(CC(=O)c2ccc3c(c2)nc(Nc2nc4ccc(OC(F)(F)F)cc4s2)n3C)CC1. The number of benzene rings is 2.